The average molecular weight is 1210 g/mol. The van der Waals surface area contributed by atoms with Gasteiger partial charge < -0.3 is 0 Å². The Morgan fingerprint density at radius 3 is 0.552 bits per heavy atom. The van der Waals surface area contributed by atoms with Gasteiger partial charge in [0.25, 0.3) is 0 Å². The van der Waals surface area contributed by atoms with E-state index >= 15 is 0 Å². The molecule has 0 nitrogen and oxygen atoms in total. The highest BCUT2D eigenvalue weighted by Gasteiger charge is 2.28. The van der Waals surface area contributed by atoms with Gasteiger partial charge in [0.1, 0.15) is 0 Å². The van der Waals surface area contributed by atoms with E-state index in [9.17, 15) is 0 Å². The highest BCUT2D eigenvalue weighted by atomic mass is 32.3. The minimum Gasteiger partial charge on any atom is -0.121 e. The van der Waals surface area contributed by atoms with Crippen molar-refractivity contribution in [1.29, 1.82) is 0 Å². The standard InChI is InChI=1S/C34H34S24/c1-35-23-24(36-2)48-17(47-23)9-12-20-53-29(41-7)31(55-20)43-15-45-33-34(58-22(57-33)14-11-19-51-27(39-5)28(40-6)52-19)46-16-44-32-30(42-8)54-21(56-32)13-10-18-49-25(37-3)26(38-4)50-18/h9-14H,15-16H2,1-8H3. The van der Waals surface area contributed by atoms with E-state index in [4.69, 9.17) is 0 Å². The van der Waals surface area contributed by atoms with E-state index in [2.05, 4.69) is 86.5 Å². The Kier molecular flexibility index (Phi) is 25.5. The lowest BCUT2D eigenvalue weighted by atomic mass is 10.6. The zero-order chi connectivity index (χ0) is 41.0. The summed E-state index contributed by atoms with van der Waals surface area (Å²) in [6, 6.07) is 0. The Labute approximate surface area is 447 Å². The normalized spacial score (nSPS) is 21.8. The predicted octanol–water partition coefficient (Wildman–Crippen LogP) is 21.4. The maximum atomic E-state index is 2.36. The lowest BCUT2D eigenvalue weighted by Crippen LogP contribution is -1.77. The zero-order valence-electron chi connectivity index (χ0n) is 31.7. The van der Waals surface area contributed by atoms with Crippen LogP contribution in [-0.4, -0.2) is 60.2 Å². The molecule has 6 rings (SSSR count). The van der Waals surface area contributed by atoms with E-state index in [0.717, 1.165) is 10.2 Å². The van der Waals surface area contributed by atoms with Crippen LogP contribution in [0.2, 0.25) is 0 Å². The first-order valence-electron chi connectivity index (χ1n) is 16.0. The molecule has 0 unspecified atom stereocenters. The molecule has 0 atom stereocenters. The molecular weight excluding hydrogens is 1180 g/mol. The topological polar surface area (TPSA) is 0 Å². The van der Waals surface area contributed by atoms with Crippen LogP contribution in [0, 0.1) is 0 Å². The first kappa shape index (κ1) is 52.6. The van der Waals surface area contributed by atoms with Crippen molar-refractivity contribution >= 4 is 282 Å². The SMILES string of the molecule is CSC1=C(SC)SC(=CC=C2SC(SC)=C(SCSC3=C(SCSC4=C(SC)SC(=CC=C5SC(SC)=C(SC)S5)S4)SC(=CC=C4SC(SC)=C(SC)S4)S3)S2)S1. The second-order valence-corrected chi connectivity index (χ2v) is 38.5. The Morgan fingerprint density at radius 1 is 0.241 bits per heavy atom. The van der Waals surface area contributed by atoms with Crippen LogP contribution in [0.3, 0.4) is 0 Å². The smallest absolute Gasteiger partial charge is 0.0668 e. The van der Waals surface area contributed by atoms with Crippen LogP contribution in [0.15, 0.2) is 113 Å². The first-order valence-corrected chi connectivity index (χ1v) is 39.5. The summed E-state index contributed by atoms with van der Waals surface area (Å²) in [4.78, 5) is 0. The van der Waals surface area contributed by atoms with Gasteiger partial charge in [0.15, 0.2) is 0 Å². The third-order valence-corrected chi connectivity index (χ3v) is 38.2. The van der Waals surface area contributed by atoms with Crippen LogP contribution in [-0.2, 0) is 0 Å². The molecule has 0 aromatic heterocycles. The van der Waals surface area contributed by atoms with Gasteiger partial charge in [0.2, 0.25) is 0 Å². The summed E-state index contributed by atoms with van der Waals surface area (Å²) in [5.74, 6) is 0. The number of hydrogen-bond donors (Lipinski definition) is 0. The fourth-order valence-corrected chi connectivity index (χ4v) is 35.9. The molecule has 0 N–H and O–H groups in total. The molecule has 58 heavy (non-hydrogen) atoms. The van der Waals surface area contributed by atoms with Crippen LogP contribution in [0.5, 0.6) is 0 Å². The summed E-state index contributed by atoms with van der Waals surface area (Å²) < 4.78 is 25.4. The van der Waals surface area contributed by atoms with Crippen molar-refractivity contribution in [2.75, 3.05) is 60.2 Å². The molecule has 0 fully saturated rings. The summed E-state index contributed by atoms with van der Waals surface area (Å²) in [6.45, 7) is 0. The summed E-state index contributed by atoms with van der Waals surface area (Å²) in [5.41, 5.74) is 0. The molecule has 0 aliphatic carbocycles. The van der Waals surface area contributed by atoms with E-state index in [1.54, 1.807) is 0 Å². The summed E-state index contributed by atoms with van der Waals surface area (Å²) in [5, 5.41) is 2.01. The van der Waals surface area contributed by atoms with E-state index in [-0.39, 0.29) is 0 Å². The first-order chi connectivity index (χ1) is 28.3. The van der Waals surface area contributed by atoms with E-state index < -0.39 is 0 Å². The van der Waals surface area contributed by atoms with E-state index in [1.165, 1.54) is 76.3 Å². The van der Waals surface area contributed by atoms with E-state index in [0.29, 0.717) is 0 Å². The molecule has 24 heteroatoms. The van der Waals surface area contributed by atoms with Gasteiger partial charge in [-0.1, -0.05) is 141 Å². The average Bonchev–Trinajstić information content (AvgIpc) is 4.11. The lowest BCUT2D eigenvalue weighted by molar-refractivity contribution is 2.05. The van der Waals surface area contributed by atoms with Gasteiger partial charge in [-0.25, -0.2) is 0 Å². The van der Waals surface area contributed by atoms with Crippen LogP contribution in [0.4, 0.5) is 0 Å². The third kappa shape index (κ3) is 15.4. The molecule has 0 saturated heterocycles. The van der Waals surface area contributed by atoms with Crippen molar-refractivity contribution in [1.82, 2.24) is 0 Å². The van der Waals surface area contributed by atoms with Gasteiger partial charge in [0, 0.05) is 10.2 Å². The van der Waals surface area contributed by atoms with Crippen LogP contribution >= 0.6 is 282 Å². The number of allylic oxidation sites excluding steroid dienone is 6. The Morgan fingerprint density at radius 2 is 0.379 bits per heavy atom. The lowest BCUT2D eigenvalue weighted by Gasteiger charge is -2.07. The molecule has 6 aliphatic heterocycles. The van der Waals surface area contributed by atoms with Gasteiger partial charge in [-0.3, -0.25) is 0 Å². The van der Waals surface area contributed by atoms with Crippen molar-refractivity contribution in [2.45, 2.75) is 0 Å². The van der Waals surface area contributed by atoms with Gasteiger partial charge >= 0.3 is 0 Å². The molecule has 6 heterocycles. The van der Waals surface area contributed by atoms with Crippen molar-refractivity contribution in [3.8, 4) is 0 Å². The molecule has 0 spiro atoms. The van der Waals surface area contributed by atoms with Crippen molar-refractivity contribution in [3.63, 3.8) is 0 Å². The summed E-state index contributed by atoms with van der Waals surface area (Å²) >= 11 is 46.1. The maximum Gasteiger partial charge on any atom is 0.0668 e. The third-order valence-electron chi connectivity index (χ3n) is 6.63. The van der Waals surface area contributed by atoms with E-state index in [1.807, 2.05) is 282 Å². The van der Waals surface area contributed by atoms with Gasteiger partial charge in [-0.15, -0.1) is 141 Å². The number of hydrogen-bond acceptors (Lipinski definition) is 24. The van der Waals surface area contributed by atoms with Gasteiger partial charge in [0.05, 0.1) is 76.3 Å². The minimum absolute atomic E-state index is 1.00. The highest BCUT2D eigenvalue weighted by molar-refractivity contribution is 8.46. The fourth-order valence-electron chi connectivity index (χ4n) is 4.16. The zero-order valence-corrected chi connectivity index (χ0v) is 51.3. The molecule has 0 bridgehead atoms. The minimum atomic E-state index is 1.00. The quantitative estimate of drug-likeness (QED) is 0.113. The van der Waals surface area contributed by atoms with Crippen LogP contribution < -0.4 is 0 Å². The number of thioether (sulfide) groups is 24. The molecule has 0 aromatic rings. The second-order valence-electron chi connectivity index (χ2n) is 10.0. The van der Waals surface area contributed by atoms with Gasteiger partial charge in [-0.05, 0) is 86.5 Å². The van der Waals surface area contributed by atoms with Crippen LogP contribution in [0.25, 0.3) is 0 Å². The Balaban J connectivity index is 1.08. The molecular formula is C34H34S24. The highest BCUT2D eigenvalue weighted by Crippen LogP contribution is 2.64. The van der Waals surface area contributed by atoms with Gasteiger partial charge in [-0.2, -0.15) is 0 Å². The van der Waals surface area contributed by atoms with Crippen molar-refractivity contribution in [3.05, 3.63) is 113 Å². The Hall–Kier alpha value is 5.28. The fraction of sp³-hybridized carbons (Fsp3) is 0.294. The molecule has 0 aromatic carbocycles. The van der Waals surface area contributed by atoms with Crippen molar-refractivity contribution in [2.24, 2.45) is 0 Å². The summed E-state index contributed by atoms with van der Waals surface area (Å²) in [6.07, 6.45) is 31.5. The molecule has 0 saturated carbocycles. The maximum absolute atomic E-state index is 2.36. The largest absolute Gasteiger partial charge is 0.121 e. The predicted molar refractivity (Wildman–Crippen MR) is 330 cm³/mol. The monoisotopic (exact) mass is 1210 g/mol. The van der Waals surface area contributed by atoms with Crippen molar-refractivity contribution < 1.29 is 0 Å². The molecule has 0 amide bonds. The molecule has 314 valence electrons. The molecule has 6 aliphatic rings. The summed E-state index contributed by atoms with van der Waals surface area (Å²) in [7, 11) is 0. The molecule has 0 radical (unpaired) electrons. The second kappa shape index (κ2) is 28.1. The number of rotatable bonds is 19. The Bertz CT molecular complexity index is 1800. The van der Waals surface area contributed by atoms with Crippen LogP contribution in [0.1, 0.15) is 0 Å².